The van der Waals surface area contributed by atoms with E-state index in [4.69, 9.17) is 0 Å². The van der Waals surface area contributed by atoms with Crippen molar-refractivity contribution in [2.75, 3.05) is 4.90 Å². The van der Waals surface area contributed by atoms with E-state index in [2.05, 4.69) is 259 Å². The highest BCUT2D eigenvalue weighted by atomic mass is 15.1. The lowest BCUT2D eigenvalue weighted by atomic mass is 9.66. The summed E-state index contributed by atoms with van der Waals surface area (Å²) in [7, 11) is 0. The molecule has 0 radical (unpaired) electrons. The molecule has 1 heteroatoms. The summed E-state index contributed by atoms with van der Waals surface area (Å²) in [6.45, 7) is 14.0. The van der Waals surface area contributed by atoms with Crippen molar-refractivity contribution in [3.63, 3.8) is 0 Å². The molecule has 0 saturated carbocycles. The van der Waals surface area contributed by atoms with Crippen molar-refractivity contribution < 1.29 is 0 Å². The molecule has 9 aromatic rings. The van der Waals surface area contributed by atoms with Gasteiger partial charge in [-0.2, -0.15) is 0 Å². The highest BCUT2D eigenvalue weighted by Crippen LogP contribution is 2.64. The lowest BCUT2D eigenvalue weighted by molar-refractivity contribution is 0.587. The van der Waals surface area contributed by atoms with Crippen LogP contribution in [0.4, 0.5) is 17.1 Å². The van der Waals surface area contributed by atoms with Gasteiger partial charge < -0.3 is 4.90 Å². The summed E-state index contributed by atoms with van der Waals surface area (Å²) in [6.07, 6.45) is 0. The fourth-order valence-corrected chi connectivity index (χ4v) is 11.9. The highest BCUT2D eigenvalue weighted by molar-refractivity contribution is 5.97. The Morgan fingerprint density at radius 1 is 0.277 bits per heavy atom. The summed E-state index contributed by atoms with van der Waals surface area (Å²) in [4.78, 5) is 2.49. The van der Waals surface area contributed by atoms with Gasteiger partial charge in [-0.05, 0) is 136 Å². The lowest BCUT2D eigenvalue weighted by Gasteiger charge is -2.36. The summed E-state index contributed by atoms with van der Waals surface area (Å²) in [6, 6.07) is 80.8. The number of hydrogen-bond acceptors (Lipinski definition) is 1. The maximum atomic E-state index is 2.53. The predicted octanol–water partition coefficient (Wildman–Crippen LogP) is 16.5. The predicted molar refractivity (Wildman–Crippen MR) is 272 cm³/mol. The fraction of sp³-hybridized carbons (Fsp3) is 0.156. The molecule has 314 valence electrons. The molecule has 0 saturated heterocycles. The van der Waals surface area contributed by atoms with Crippen LogP contribution in [-0.4, -0.2) is 0 Å². The Kier molecular flexibility index (Phi) is 8.57. The molecule has 0 fully saturated rings. The maximum Gasteiger partial charge on any atom is 0.0726 e. The van der Waals surface area contributed by atoms with Crippen LogP contribution < -0.4 is 4.90 Å². The average molecular weight is 836 g/mol. The van der Waals surface area contributed by atoms with Crippen molar-refractivity contribution >= 4 is 17.1 Å². The van der Waals surface area contributed by atoms with Gasteiger partial charge in [-0.3, -0.25) is 0 Å². The van der Waals surface area contributed by atoms with E-state index in [-0.39, 0.29) is 10.8 Å². The summed E-state index contributed by atoms with van der Waals surface area (Å²) in [5.41, 5.74) is 23.4. The molecule has 0 bridgehead atoms. The molecule has 3 aliphatic rings. The van der Waals surface area contributed by atoms with E-state index in [9.17, 15) is 0 Å². The summed E-state index contributed by atoms with van der Waals surface area (Å²) < 4.78 is 0. The molecule has 1 spiro atoms. The van der Waals surface area contributed by atoms with Crippen LogP contribution in [0.5, 0.6) is 0 Å². The van der Waals surface area contributed by atoms with Gasteiger partial charge >= 0.3 is 0 Å². The van der Waals surface area contributed by atoms with Crippen LogP contribution in [0.25, 0.3) is 33.4 Å². The Labute approximate surface area is 384 Å². The number of para-hydroxylation sites is 1. The van der Waals surface area contributed by atoms with Crippen molar-refractivity contribution in [2.24, 2.45) is 0 Å². The van der Waals surface area contributed by atoms with Crippen molar-refractivity contribution in [3.8, 4) is 33.4 Å². The number of nitrogens with zero attached hydrogens (tertiary/aromatic N) is 1. The van der Waals surface area contributed by atoms with Gasteiger partial charge in [0.2, 0.25) is 0 Å². The second-order valence-electron chi connectivity index (χ2n) is 20.5. The van der Waals surface area contributed by atoms with Gasteiger partial charge in [-0.25, -0.2) is 0 Å². The monoisotopic (exact) mass is 835 g/mol. The molecule has 12 rings (SSSR count). The number of benzene rings is 9. The number of rotatable bonds is 5. The molecule has 0 aromatic heterocycles. The highest BCUT2D eigenvalue weighted by Gasteiger charge is 2.52. The standard InChI is InChI=1S/C64H53N/c1-61(2,3)43-22-19-23-45(38-43)63(42-20-9-7-10-21-42)55-29-16-13-26-49(55)53-36-33-47(40-59(53)63)65(46-24-11-8-12-25-46)48-34-37-54-51-28-15-18-31-57(51)64(60(54)41-48)56-30-17-14-27-50(56)52-35-32-44(39-58(52)64)62(4,5)6/h7-41H,1-6H3. The van der Waals surface area contributed by atoms with E-state index in [1.165, 1.54) is 89.0 Å². The second kappa shape index (κ2) is 14.1. The van der Waals surface area contributed by atoms with E-state index in [0.717, 1.165) is 17.1 Å². The molecule has 0 amide bonds. The van der Waals surface area contributed by atoms with Gasteiger partial charge in [0, 0.05) is 17.1 Å². The van der Waals surface area contributed by atoms with Crippen LogP contribution >= 0.6 is 0 Å². The minimum atomic E-state index is -0.543. The fourth-order valence-electron chi connectivity index (χ4n) is 11.9. The average Bonchev–Trinajstić information content (AvgIpc) is 3.91. The number of hydrogen-bond donors (Lipinski definition) is 0. The zero-order valence-electron chi connectivity index (χ0n) is 38.2. The largest absolute Gasteiger partial charge is 0.310 e. The van der Waals surface area contributed by atoms with Crippen LogP contribution in [0.3, 0.4) is 0 Å². The molecule has 0 heterocycles. The van der Waals surface area contributed by atoms with Gasteiger partial charge in [0.15, 0.2) is 0 Å². The van der Waals surface area contributed by atoms with Crippen molar-refractivity contribution in [3.05, 3.63) is 268 Å². The first-order valence-corrected chi connectivity index (χ1v) is 23.3. The third-order valence-electron chi connectivity index (χ3n) is 14.9. The SMILES string of the molecule is CC(C)(C)c1cccc(C2(c3ccccc3)c3ccccc3-c3ccc(N(c4ccccc4)c4ccc5c(c4)C4(c6ccccc6-5)c5ccccc5-c5ccc(C(C)(C)C)cc54)cc32)c1. The molecular weight excluding hydrogens is 783 g/mol. The Hall–Kier alpha value is -7.22. The molecule has 0 aliphatic heterocycles. The third-order valence-corrected chi connectivity index (χ3v) is 14.9. The first-order valence-electron chi connectivity index (χ1n) is 23.3. The molecule has 3 aliphatic carbocycles. The Bertz CT molecular complexity index is 3230. The quantitative estimate of drug-likeness (QED) is 0.167. The number of anilines is 3. The second-order valence-corrected chi connectivity index (χ2v) is 20.5. The molecular formula is C64H53N. The summed E-state index contributed by atoms with van der Waals surface area (Å²) >= 11 is 0. The van der Waals surface area contributed by atoms with Gasteiger partial charge in [0.1, 0.15) is 0 Å². The van der Waals surface area contributed by atoms with Gasteiger partial charge in [0.25, 0.3) is 0 Å². The molecule has 0 N–H and O–H groups in total. The topological polar surface area (TPSA) is 3.24 Å². The van der Waals surface area contributed by atoms with Crippen LogP contribution in [-0.2, 0) is 21.7 Å². The van der Waals surface area contributed by atoms with E-state index < -0.39 is 10.8 Å². The van der Waals surface area contributed by atoms with Crippen molar-refractivity contribution in [1.82, 2.24) is 0 Å². The van der Waals surface area contributed by atoms with E-state index >= 15 is 0 Å². The minimum absolute atomic E-state index is 0.00579. The Morgan fingerprint density at radius 2 is 0.677 bits per heavy atom. The molecule has 1 nitrogen and oxygen atoms in total. The van der Waals surface area contributed by atoms with E-state index in [0.29, 0.717) is 0 Å². The van der Waals surface area contributed by atoms with Gasteiger partial charge in [-0.1, -0.05) is 217 Å². The van der Waals surface area contributed by atoms with Crippen LogP contribution in [0.1, 0.15) is 97.2 Å². The smallest absolute Gasteiger partial charge is 0.0726 e. The van der Waals surface area contributed by atoms with Crippen LogP contribution in [0.2, 0.25) is 0 Å². The first-order chi connectivity index (χ1) is 31.5. The summed E-state index contributed by atoms with van der Waals surface area (Å²) in [5.74, 6) is 0. The Balaban J connectivity index is 1.13. The van der Waals surface area contributed by atoms with E-state index in [1.807, 2.05) is 0 Å². The van der Waals surface area contributed by atoms with Crippen molar-refractivity contribution in [1.29, 1.82) is 0 Å². The zero-order chi connectivity index (χ0) is 44.3. The van der Waals surface area contributed by atoms with E-state index in [1.54, 1.807) is 0 Å². The maximum absolute atomic E-state index is 2.53. The van der Waals surface area contributed by atoms with Crippen LogP contribution in [0, 0.1) is 0 Å². The molecule has 2 atom stereocenters. The third kappa shape index (κ3) is 5.58. The van der Waals surface area contributed by atoms with Crippen molar-refractivity contribution in [2.45, 2.75) is 63.2 Å². The zero-order valence-corrected chi connectivity index (χ0v) is 38.2. The molecule has 9 aromatic carbocycles. The normalized spacial score (nSPS) is 17.5. The van der Waals surface area contributed by atoms with Gasteiger partial charge in [-0.15, -0.1) is 0 Å². The molecule has 65 heavy (non-hydrogen) atoms. The summed E-state index contributed by atoms with van der Waals surface area (Å²) in [5, 5.41) is 0. The minimum Gasteiger partial charge on any atom is -0.310 e. The Morgan fingerprint density at radius 3 is 1.22 bits per heavy atom. The first kappa shape index (κ1) is 39.4. The molecule has 2 unspecified atom stereocenters. The van der Waals surface area contributed by atoms with Crippen LogP contribution in [0.15, 0.2) is 212 Å². The lowest BCUT2D eigenvalue weighted by Crippen LogP contribution is -2.29. The number of fused-ring (bicyclic) bond motifs is 13. The van der Waals surface area contributed by atoms with Gasteiger partial charge in [0.05, 0.1) is 10.8 Å².